The lowest BCUT2D eigenvalue weighted by Crippen LogP contribution is -2.31. The summed E-state index contributed by atoms with van der Waals surface area (Å²) in [6.07, 6.45) is 0.621. The Morgan fingerprint density at radius 1 is 0.793 bits per heavy atom. The quantitative estimate of drug-likeness (QED) is 0.580. The van der Waals surface area contributed by atoms with Gasteiger partial charge in [-0.3, -0.25) is 4.79 Å². The van der Waals surface area contributed by atoms with Crippen molar-refractivity contribution >= 4 is 12.1 Å². The molecule has 0 radical (unpaired) electrons. The predicted octanol–water partition coefficient (Wildman–Crippen LogP) is 2.41. The molecule has 0 fully saturated rings. The molecule has 0 saturated carbocycles. The van der Waals surface area contributed by atoms with E-state index in [1.807, 2.05) is 60.7 Å². The van der Waals surface area contributed by atoms with Crippen molar-refractivity contribution in [2.45, 2.75) is 39.3 Å². The summed E-state index contributed by atoms with van der Waals surface area (Å²) in [4.78, 5) is 20.8. The van der Waals surface area contributed by atoms with Crippen LogP contribution in [0.25, 0.3) is 0 Å². The van der Waals surface area contributed by atoms with Gasteiger partial charge in [-0.25, -0.2) is 4.79 Å². The lowest BCUT2D eigenvalue weighted by molar-refractivity contribution is -0.141. The Hall–Kier alpha value is -2.90. The molecule has 0 aromatic heterocycles. The number of carbonyl (C=O) groups is 2. The van der Waals surface area contributed by atoms with E-state index >= 15 is 0 Å². The summed E-state index contributed by atoms with van der Waals surface area (Å²) in [5.74, 6) is -0.284. The summed E-state index contributed by atoms with van der Waals surface area (Å²) in [5, 5.41) is 0. The predicted molar refractivity (Wildman–Crippen MR) is 115 cm³/mol. The molecule has 0 bridgehead atoms. The van der Waals surface area contributed by atoms with Crippen LogP contribution in [0.2, 0.25) is 0 Å². The van der Waals surface area contributed by atoms with Crippen molar-refractivity contribution in [1.82, 2.24) is 0 Å². The van der Waals surface area contributed by atoms with Crippen LogP contribution in [-0.2, 0) is 27.1 Å². The highest BCUT2D eigenvalue weighted by Crippen LogP contribution is 2.02. The Morgan fingerprint density at radius 2 is 1.17 bits per heavy atom. The maximum atomic E-state index is 10.5. The molecular weight excluding hydrogens is 370 g/mol. The van der Waals surface area contributed by atoms with Crippen LogP contribution in [-0.4, -0.2) is 37.4 Å². The van der Waals surface area contributed by atoms with Gasteiger partial charge in [0, 0.05) is 19.0 Å². The van der Waals surface area contributed by atoms with E-state index in [9.17, 15) is 9.59 Å². The minimum atomic E-state index is -0.784. The Labute approximate surface area is 173 Å². The zero-order chi connectivity index (χ0) is 20.8. The first-order valence-electron chi connectivity index (χ1n) is 9.01. The van der Waals surface area contributed by atoms with Gasteiger partial charge in [0.05, 0.1) is 0 Å². The molecule has 0 aliphatic heterocycles. The zero-order valence-corrected chi connectivity index (χ0v) is 16.1. The molecular formula is C22H33N3O4. The van der Waals surface area contributed by atoms with Gasteiger partial charge in [0.15, 0.2) is 0 Å². The van der Waals surface area contributed by atoms with E-state index in [1.165, 1.54) is 6.92 Å². The second-order valence-electron chi connectivity index (χ2n) is 6.33. The first-order chi connectivity index (χ1) is 13.4. The summed E-state index contributed by atoms with van der Waals surface area (Å²) in [6, 6.07) is 19.4. The second-order valence-corrected chi connectivity index (χ2v) is 6.33. The number of rotatable bonds is 8. The molecule has 0 heterocycles. The largest absolute Gasteiger partial charge is 0.464 e. The number of primary amides is 1. The van der Waals surface area contributed by atoms with Crippen LogP contribution in [0, 0.1) is 0 Å². The van der Waals surface area contributed by atoms with Gasteiger partial charge in [-0.05, 0) is 24.0 Å². The van der Waals surface area contributed by atoms with Crippen molar-refractivity contribution in [2.75, 3.05) is 13.2 Å². The molecule has 7 nitrogen and oxygen atoms in total. The molecule has 2 rings (SSSR count). The van der Waals surface area contributed by atoms with Crippen LogP contribution in [0.4, 0.5) is 4.79 Å². The maximum Gasteiger partial charge on any atom is 0.404 e. The van der Waals surface area contributed by atoms with Crippen molar-refractivity contribution < 1.29 is 19.1 Å². The Bertz CT molecular complexity index is 634. The third kappa shape index (κ3) is 13.8. The number of benzene rings is 2. The summed E-state index contributed by atoms with van der Waals surface area (Å²) < 4.78 is 9.40. The molecule has 7 heteroatoms. The Balaban J connectivity index is 0.000000523. The van der Waals surface area contributed by atoms with E-state index < -0.39 is 6.09 Å². The number of hydrogen-bond donors (Lipinski definition) is 3. The third-order valence-corrected chi connectivity index (χ3v) is 3.62. The minimum Gasteiger partial charge on any atom is -0.464 e. The molecule has 1 amide bonds. The van der Waals surface area contributed by atoms with Gasteiger partial charge in [-0.15, -0.1) is 0 Å². The van der Waals surface area contributed by atoms with Gasteiger partial charge < -0.3 is 26.7 Å². The smallest absolute Gasteiger partial charge is 0.404 e. The molecule has 0 aliphatic rings. The van der Waals surface area contributed by atoms with Gasteiger partial charge in [-0.2, -0.15) is 0 Å². The third-order valence-electron chi connectivity index (χ3n) is 3.62. The highest BCUT2D eigenvalue weighted by Gasteiger charge is 2.06. The van der Waals surface area contributed by atoms with E-state index in [1.54, 1.807) is 0 Å². The van der Waals surface area contributed by atoms with Crippen LogP contribution >= 0.6 is 0 Å². The lowest BCUT2D eigenvalue weighted by Gasteiger charge is -2.10. The van der Waals surface area contributed by atoms with Gasteiger partial charge in [0.2, 0.25) is 0 Å². The minimum absolute atomic E-state index is 0. The highest BCUT2D eigenvalue weighted by molar-refractivity contribution is 5.65. The lowest BCUT2D eigenvalue weighted by atomic mass is 10.1. The van der Waals surface area contributed by atoms with Gasteiger partial charge in [-0.1, -0.05) is 68.1 Å². The number of carbonyl (C=O) groups excluding carboxylic acids is 2. The second kappa shape index (κ2) is 15.1. The molecule has 2 aromatic rings. The molecule has 2 atom stereocenters. The van der Waals surface area contributed by atoms with Gasteiger partial charge >= 0.3 is 12.1 Å². The molecule has 0 spiro atoms. The fourth-order valence-electron chi connectivity index (χ4n) is 2.37. The molecule has 0 unspecified atom stereocenters. The van der Waals surface area contributed by atoms with Crippen LogP contribution in [0.15, 0.2) is 60.7 Å². The maximum absolute atomic E-state index is 10.5. The highest BCUT2D eigenvalue weighted by atomic mass is 16.5. The first kappa shape index (κ1) is 26.1. The molecule has 0 aliphatic carbocycles. The van der Waals surface area contributed by atoms with E-state index in [0.717, 1.165) is 17.5 Å². The fourth-order valence-corrected chi connectivity index (χ4v) is 2.37. The van der Waals surface area contributed by atoms with E-state index in [0.29, 0.717) is 6.42 Å². The van der Waals surface area contributed by atoms with E-state index in [4.69, 9.17) is 21.9 Å². The monoisotopic (exact) mass is 403 g/mol. The molecule has 6 N–H and O–H groups in total. The number of hydrogen-bond acceptors (Lipinski definition) is 6. The summed E-state index contributed by atoms with van der Waals surface area (Å²) in [6.45, 7) is 1.82. The standard InChI is InChI=1S/C11H15NO2.C10H14N2O2.CH4/c1-9(13)14-8-11(12)7-10-5-3-2-4-6-10;11-9(7-14-10(12)13)6-8-4-2-1-3-5-8;/h2-6,11H,7-8,12H2,1H3;1-5,9H,6-7,11H2,(H2,12,13);1H4/t11-;9-;/m10./s1. The van der Waals surface area contributed by atoms with Crippen molar-refractivity contribution in [3.8, 4) is 0 Å². The summed E-state index contributed by atoms with van der Waals surface area (Å²) in [5.41, 5.74) is 18.6. The van der Waals surface area contributed by atoms with Crippen molar-refractivity contribution in [2.24, 2.45) is 17.2 Å². The molecule has 160 valence electrons. The van der Waals surface area contributed by atoms with Crippen molar-refractivity contribution in [3.63, 3.8) is 0 Å². The average molecular weight is 404 g/mol. The summed E-state index contributed by atoms with van der Waals surface area (Å²) >= 11 is 0. The zero-order valence-electron chi connectivity index (χ0n) is 16.1. The number of ether oxygens (including phenoxy) is 2. The van der Waals surface area contributed by atoms with Crippen LogP contribution in [0.3, 0.4) is 0 Å². The summed E-state index contributed by atoms with van der Waals surface area (Å²) in [7, 11) is 0. The Kier molecular flexibility index (Phi) is 13.6. The molecule has 0 saturated heterocycles. The number of nitrogens with two attached hydrogens (primary N) is 3. The molecule has 29 heavy (non-hydrogen) atoms. The van der Waals surface area contributed by atoms with Crippen LogP contribution in [0.5, 0.6) is 0 Å². The average Bonchev–Trinajstić information content (AvgIpc) is 2.67. The van der Waals surface area contributed by atoms with E-state index in [2.05, 4.69) is 4.74 Å². The normalized spacial score (nSPS) is 11.7. The number of esters is 1. The van der Waals surface area contributed by atoms with Crippen LogP contribution < -0.4 is 17.2 Å². The fraction of sp³-hybridized carbons (Fsp3) is 0.364. The van der Waals surface area contributed by atoms with E-state index in [-0.39, 0.29) is 38.7 Å². The Morgan fingerprint density at radius 3 is 1.52 bits per heavy atom. The van der Waals surface area contributed by atoms with Crippen LogP contribution in [0.1, 0.15) is 25.5 Å². The topological polar surface area (TPSA) is 131 Å². The number of amides is 1. The van der Waals surface area contributed by atoms with Crippen molar-refractivity contribution in [3.05, 3.63) is 71.8 Å². The van der Waals surface area contributed by atoms with Gasteiger partial charge in [0.1, 0.15) is 13.2 Å². The molecule has 2 aromatic carbocycles. The van der Waals surface area contributed by atoms with Crippen molar-refractivity contribution in [1.29, 1.82) is 0 Å². The first-order valence-corrected chi connectivity index (χ1v) is 9.01. The SMILES string of the molecule is C.CC(=O)OC[C@H](N)Cc1ccccc1.NC(=O)OC[C@@H](N)Cc1ccccc1. The van der Waals surface area contributed by atoms with Gasteiger partial charge in [0.25, 0.3) is 0 Å².